The Kier molecular flexibility index (Phi) is 6.95. The van der Waals surface area contributed by atoms with E-state index in [1.807, 2.05) is 48.5 Å². The van der Waals surface area contributed by atoms with Crippen LogP contribution in [0.5, 0.6) is 0 Å². The average Bonchev–Trinajstić information content (AvgIpc) is 3.39. The molecule has 37 heavy (non-hydrogen) atoms. The van der Waals surface area contributed by atoms with Gasteiger partial charge in [-0.05, 0) is 49.1 Å². The van der Waals surface area contributed by atoms with Crippen LogP contribution in [0.4, 0.5) is 0 Å². The molecule has 2 aliphatic heterocycles. The molecule has 0 spiro atoms. The summed E-state index contributed by atoms with van der Waals surface area (Å²) in [6.45, 7) is 5.07. The fraction of sp³-hybridized carbons (Fsp3) is 0.300. The Hall–Kier alpha value is -4.13. The molecule has 0 radical (unpaired) electrons. The van der Waals surface area contributed by atoms with Crippen LogP contribution in [-0.4, -0.2) is 40.7 Å². The van der Waals surface area contributed by atoms with Gasteiger partial charge in [-0.25, -0.2) is 4.79 Å². The maximum Gasteiger partial charge on any atom is 0.336 e. The lowest BCUT2D eigenvalue weighted by Gasteiger charge is -2.34. The zero-order valence-corrected chi connectivity index (χ0v) is 21.1. The first-order valence-corrected chi connectivity index (χ1v) is 12.6. The van der Waals surface area contributed by atoms with Gasteiger partial charge in [-0.15, -0.1) is 0 Å². The second kappa shape index (κ2) is 10.5. The third-order valence-corrected chi connectivity index (χ3v) is 7.12. The molecule has 7 nitrogen and oxygen atoms in total. The molecule has 3 heterocycles. The maximum absolute atomic E-state index is 13.2. The number of rotatable bonds is 6. The van der Waals surface area contributed by atoms with E-state index >= 15 is 0 Å². The highest BCUT2D eigenvalue weighted by molar-refractivity contribution is 5.96. The van der Waals surface area contributed by atoms with Crippen molar-refractivity contribution < 1.29 is 23.5 Å². The number of esters is 1. The van der Waals surface area contributed by atoms with Crippen molar-refractivity contribution in [2.75, 3.05) is 13.2 Å². The first-order valence-electron chi connectivity index (χ1n) is 12.6. The number of ether oxygens (including phenoxy) is 1. The largest absolute Gasteiger partial charge is 0.463 e. The summed E-state index contributed by atoms with van der Waals surface area (Å²) in [6.07, 6.45) is 0.955. The smallest absolute Gasteiger partial charge is 0.336 e. The van der Waals surface area contributed by atoms with Gasteiger partial charge in [0.25, 0.3) is 5.91 Å². The molecule has 190 valence electrons. The minimum atomic E-state index is -0.424. The van der Waals surface area contributed by atoms with Crippen LogP contribution < -0.4 is 0 Å². The van der Waals surface area contributed by atoms with Gasteiger partial charge in [-0.3, -0.25) is 9.59 Å². The molecule has 7 heteroatoms. The van der Waals surface area contributed by atoms with Gasteiger partial charge in [-0.1, -0.05) is 54.6 Å². The van der Waals surface area contributed by atoms with Crippen LogP contribution in [0.3, 0.4) is 0 Å². The third-order valence-electron chi connectivity index (χ3n) is 7.12. The minimum absolute atomic E-state index is 0.115. The number of allylic oxidation sites excluding steroid dienone is 1. The van der Waals surface area contributed by atoms with Gasteiger partial charge >= 0.3 is 5.97 Å². The topological polar surface area (TPSA) is 80.1 Å². The van der Waals surface area contributed by atoms with E-state index in [4.69, 9.17) is 9.15 Å². The number of nitrogens with zero attached hydrogens (tertiary/aromatic N) is 2. The van der Waals surface area contributed by atoms with Crippen molar-refractivity contribution in [2.24, 2.45) is 0 Å². The van der Waals surface area contributed by atoms with Crippen LogP contribution in [0.15, 0.2) is 82.4 Å². The quantitative estimate of drug-likeness (QED) is 0.455. The minimum Gasteiger partial charge on any atom is -0.463 e. The van der Waals surface area contributed by atoms with Gasteiger partial charge in [0.1, 0.15) is 5.76 Å². The van der Waals surface area contributed by atoms with Crippen molar-refractivity contribution in [3.63, 3.8) is 0 Å². The normalized spacial score (nSPS) is 17.6. The van der Waals surface area contributed by atoms with E-state index in [0.29, 0.717) is 30.1 Å². The molecular formula is C30H30N2O5. The lowest BCUT2D eigenvalue weighted by atomic mass is 9.83. The molecular weight excluding hydrogens is 468 g/mol. The van der Waals surface area contributed by atoms with E-state index in [9.17, 15) is 14.4 Å². The Bertz CT molecular complexity index is 1360. The molecule has 0 saturated carbocycles. The predicted molar refractivity (Wildman–Crippen MR) is 137 cm³/mol. The van der Waals surface area contributed by atoms with Gasteiger partial charge in [0.2, 0.25) is 5.91 Å². The summed E-state index contributed by atoms with van der Waals surface area (Å²) < 4.78 is 11.3. The fourth-order valence-electron chi connectivity index (χ4n) is 5.21. The van der Waals surface area contributed by atoms with Crippen LogP contribution in [0.2, 0.25) is 0 Å². The zero-order chi connectivity index (χ0) is 25.9. The van der Waals surface area contributed by atoms with Crippen LogP contribution >= 0.6 is 0 Å². The summed E-state index contributed by atoms with van der Waals surface area (Å²) in [5.74, 6) is -0.361. The van der Waals surface area contributed by atoms with Crippen molar-refractivity contribution in [2.45, 2.75) is 45.7 Å². The number of hydrogen-bond donors (Lipinski definition) is 0. The third kappa shape index (κ3) is 4.94. The maximum atomic E-state index is 13.2. The Morgan fingerprint density at radius 1 is 1.00 bits per heavy atom. The van der Waals surface area contributed by atoms with Gasteiger partial charge in [0.05, 0.1) is 18.7 Å². The summed E-state index contributed by atoms with van der Waals surface area (Å²) >= 11 is 0. The molecule has 2 aromatic carbocycles. The molecule has 1 unspecified atom stereocenters. The second-order valence-corrected chi connectivity index (χ2v) is 9.38. The molecule has 5 rings (SSSR count). The highest BCUT2D eigenvalue weighted by Crippen LogP contribution is 2.37. The predicted octanol–water partition coefficient (Wildman–Crippen LogP) is 4.83. The summed E-state index contributed by atoms with van der Waals surface area (Å²) in [6, 6.07) is 21.1. The van der Waals surface area contributed by atoms with Crippen molar-refractivity contribution in [3.05, 3.63) is 106 Å². The van der Waals surface area contributed by atoms with Crippen LogP contribution in [-0.2, 0) is 33.8 Å². The van der Waals surface area contributed by atoms with Crippen molar-refractivity contribution >= 4 is 17.8 Å². The molecule has 3 aromatic rings. The summed E-state index contributed by atoms with van der Waals surface area (Å²) in [5.41, 5.74) is 4.33. The number of benzene rings is 2. The van der Waals surface area contributed by atoms with Gasteiger partial charge in [0, 0.05) is 31.1 Å². The number of fused-ring (bicyclic) bond motifs is 1. The molecule has 0 bridgehead atoms. The SMILES string of the molecule is CCOC(=O)C1=C(C)N(Cc2ccc(C(=O)N3CCc4ccccc4C3)o2)C(=O)CC1c1ccccc1. The van der Waals surface area contributed by atoms with Crippen LogP contribution in [0, 0.1) is 0 Å². The monoisotopic (exact) mass is 498 g/mol. The Morgan fingerprint density at radius 3 is 2.49 bits per heavy atom. The van der Waals surface area contributed by atoms with Crippen LogP contribution in [0.1, 0.15) is 59.2 Å². The summed E-state index contributed by atoms with van der Waals surface area (Å²) in [7, 11) is 0. The van der Waals surface area contributed by atoms with E-state index < -0.39 is 5.97 Å². The molecule has 2 amide bonds. The lowest BCUT2D eigenvalue weighted by molar-refractivity contribution is -0.140. The highest BCUT2D eigenvalue weighted by Gasteiger charge is 2.37. The molecule has 0 N–H and O–H groups in total. The second-order valence-electron chi connectivity index (χ2n) is 9.38. The number of amides is 2. The van der Waals surface area contributed by atoms with Crippen molar-refractivity contribution in [1.29, 1.82) is 0 Å². The number of carbonyl (C=O) groups excluding carboxylic acids is 3. The van der Waals surface area contributed by atoms with Gasteiger partial charge in [-0.2, -0.15) is 0 Å². The van der Waals surface area contributed by atoms with Crippen LogP contribution in [0.25, 0.3) is 0 Å². The van der Waals surface area contributed by atoms with E-state index in [1.165, 1.54) is 5.56 Å². The lowest BCUT2D eigenvalue weighted by Crippen LogP contribution is -2.38. The highest BCUT2D eigenvalue weighted by atomic mass is 16.5. The van der Waals surface area contributed by atoms with Crippen molar-refractivity contribution in [1.82, 2.24) is 9.80 Å². The number of carbonyl (C=O) groups is 3. The molecule has 0 fully saturated rings. The van der Waals surface area contributed by atoms with E-state index in [2.05, 4.69) is 6.07 Å². The molecule has 2 aliphatic rings. The molecule has 1 atom stereocenters. The van der Waals surface area contributed by atoms with E-state index in [-0.39, 0.29) is 43.1 Å². The average molecular weight is 499 g/mol. The Morgan fingerprint density at radius 2 is 1.73 bits per heavy atom. The Labute approximate surface area is 216 Å². The number of furan rings is 1. The standard InChI is InChI=1S/C30H30N2O5/c1-3-36-30(35)28-20(2)32(27(33)17-25(28)22-10-5-4-6-11-22)19-24-13-14-26(37-24)29(34)31-16-15-21-9-7-8-12-23(21)18-31/h4-14,25H,3,15-19H2,1-2H3. The van der Waals surface area contributed by atoms with Gasteiger partial charge < -0.3 is 19.0 Å². The molecule has 0 saturated heterocycles. The molecule has 1 aromatic heterocycles. The fourth-order valence-corrected chi connectivity index (χ4v) is 5.21. The van der Waals surface area contributed by atoms with E-state index in [1.54, 1.807) is 35.8 Å². The molecule has 0 aliphatic carbocycles. The number of hydrogen-bond acceptors (Lipinski definition) is 5. The first kappa shape index (κ1) is 24.6. The first-order chi connectivity index (χ1) is 18.0. The van der Waals surface area contributed by atoms with Crippen molar-refractivity contribution in [3.8, 4) is 0 Å². The summed E-state index contributed by atoms with van der Waals surface area (Å²) in [4.78, 5) is 42.7. The van der Waals surface area contributed by atoms with Gasteiger partial charge in [0.15, 0.2) is 5.76 Å². The zero-order valence-electron chi connectivity index (χ0n) is 21.1. The Balaban J connectivity index is 1.37. The summed E-state index contributed by atoms with van der Waals surface area (Å²) in [5, 5.41) is 0. The van der Waals surface area contributed by atoms with E-state index in [0.717, 1.165) is 17.5 Å².